The van der Waals surface area contributed by atoms with Gasteiger partial charge in [0.1, 0.15) is 0 Å². The molecule has 0 saturated heterocycles. The minimum atomic E-state index is -3.96. The first kappa shape index (κ1) is 13.7. The second-order valence-electron chi connectivity index (χ2n) is 3.89. The highest BCUT2D eigenvalue weighted by molar-refractivity contribution is 7.90. The molecule has 0 aromatic heterocycles. The van der Waals surface area contributed by atoms with Crippen molar-refractivity contribution < 1.29 is 13.2 Å². The number of nitrogens with zero attached hydrogens (tertiary/aromatic N) is 2. The summed E-state index contributed by atoms with van der Waals surface area (Å²) in [5.74, 6) is -0.707. The molecule has 0 aliphatic heterocycles. The molecule has 0 aliphatic rings. The molecule has 0 aliphatic carbocycles. The molecular weight excluding hydrogens is 278 g/mol. The third kappa shape index (κ3) is 2.99. The van der Waals surface area contributed by atoms with Crippen LogP contribution in [0, 0.1) is 5.39 Å². The Morgan fingerprint density at radius 3 is 2.15 bits per heavy atom. The average Bonchev–Trinajstić information content (AvgIpc) is 2.48. The summed E-state index contributed by atoms with van der Waals surface area (Å²) >= 11 is 0. The SMILES string of the molecule is N#[N+]c1ccc(S(=O)(=O)NC(=O)c2ccccc2)cc1. The summed E-state index contributed by atoms with van der Waals surface area (Å²) in [7, 11) is -3.96. The number of hydrogen-bond acceptors (Lipinski definition) is 4. The van der Waals surface area contributed by atoms with Crippen LogP contribution in [0.1, 0.15) is 10.4 Å². The monoisotopic (exact) mass is 288 g/mol. The van der Waals surface area contributed by atoms with Crippen LogP contribution >= 0.6 is 0 Å². The summed E-state index contributed by atoms with van der Waals surface area (Å²) in [5.41, 5.74) is 0.469. The second-order valence-corrected chi connectivity index (χ2v) is 5.58. The van der Waals surface area contributed by atoms with Crippen molar-refractivity contribution in [3.8, 4) is 0 Å². The summed E-state index contributed by atoms with van der Waals surface area (Å²) in [5, 5.41) is 8.53. The zero-order valence-corrected chi connectivity index (χ0v) is 11.0. The molecule has 7 heteroatoms. The molecule has 0 saturated carbocycles. The fraction of sp³-hybridized carbons (Fsp3) is 0. The topological polar surface area (TPSA) is 91.4 Å². The van der Waals surface area contributed by atoms with Crippen molar-refractivity contribution in [3.63, 3.8) is 0 Å². The van der Waals surface area contributed by atoms with Gasteiger partial charge in [0, 0.05) is 17.7 Å². The van der Waals surface area contributed by atoms with E-state index in [-0.39, 0.29) is 16.1 Å². The third-order valence-electron chi connectivity index (χ3n) is 2.53. The Bertz CT molecular complexity index is 763. The van der Waals surface area contributed by atoms with Crippen LogP contribution in [0.2, 0.25) is 0 Å². The number of nitrogens with one attached hydrogen (secondary N) is 1. The van der Waals surface area contributed by atoms with Crippen LogP contribution in [-0.4, -0.2) is 14.3 Å². The molecule has 100 valence electrons. The summed E-state index contributed by atoms with van der Waals surface area (Å²) in [6.45, 7) is 0. The normalized spacial score (nSPS) is 10.6. The maximum atomic E-state index is 12.0. The lowest BCUT2D eigenvalue weighted by atomic mass is 10.2. The van der Waals surface area contributed by atoms with Crippen molar-refractivity contribution >= 4 is 21.6 Å². The van der Waals surface area contributed by atoms with Crippen LogP contribution in [0.3, 0.4) is 0 Å². The third-order valence-corrected chi connectivity index (χ3v) is 3.87. The second kappa shape index (κ2) is 5.50. The molecule has 0 atom stereocenters. The number of hydrogen-bond donors (Lipinski definition) is 1. The van der Waals surface area contributed by atoms with Gasteiger partial charge in [-0.05, 0) is 24.3 Å². The van der Waals surface area contributed by atoms with Gasteiger partial charge in [-0.2, -0.15) is 0 Å². The van der Waals surface area contributed by atoms with E-state index >= 15 is 0 Å². The fourth-order valence-electron chi connectivity index (χ4n) is 1.52. The van der Waals surface area contributed by atoms with Crippen LogP contribution in [-0.2, 0) is 10.0 Å². The highest BCUT2D eigenvalue weighted by Crippen LogP contribution is 2.16. The van der Waals surface area contributed by atoms with E-state index in [1.54, 1.807) is 18.2 Å². The van der Waals surface area contributed by atoms with Gasteiger partial charge in [0.05, 0.1) is 4.90 Å². The molecule has 2 rings (SSSR count). The minimum Gasteiger partial charge on any atom is -0.268 e. The van der Waals surface area contributed by atoms with Crippen LogP contribution in [0.15, 0.2) is 59.5 Å². The Balaban J connectivity index is 2.23. The summed E-state index contributed by atoms with van der Waals surface area (Å²) in [6, 6.07) is 13.2. The van der Waals surface area contributed by atoms with Crippen LogP contribution in [0.5, 0.6) is 0 Å². The van der Waals surface area contributed by atoms with E-state index < -0.39 is 15.9 Å². The molecule has 0 fully saturated rings. The van der Waals surface area contributed by atoms with E-state index in [0.717, 1.165) is 0 Å². The predicted molar refractivity (Wildman–Crippen MR) is 72.3 cm³/mol. The Hall–Kier alpha value is -2.72. The first-order valence-corrected chi connectivity index (χ1v) is 7.08. The highest BCUT2D eigenvalue weighted by atomic mass is 32.2. The summed E-state index contributed by atoms with van der Waals surface area (Å²) in [6.07, 6.45) is 0. The number of carbonyl (C=O) groups excluding carboxylic acids is 1. The van der Waals surface area contributed by atoms with E-state index in [2.05, 4.69) is 4.98 Å². The van der Waals surface area contributed by atoms with Crippen molar-refractivity contribution in [2.75, 3.05) is 0 Å². The zero-order valence-electron chi connectivity index (χ0n) is 10.2. The predicted octanol–water partition coefficient (Wildman–Crippen LogP) is 2.29. The van der Waals surface area contributed by atoms with Crippen molar-refractivity contribution in [1.29, 1.82) is 5.39 Å². The van der Waals surface area contributed by atoms with E-state index in [9.17, 15) is 13.2 Å². The van der Waals surface area contributed by atoms with Crippen LogP contribution in [0.4, 0.5) is 5.69 Å². The first-order valence-electron chi connectivity index (χ1n) is 5.60. The summed E-state index contributed by atoms with van der Waals surface area (Å²) < 4.78 is 25.9. The molecule has 2 aromatic rings. The Morgan fingerprint density at radius 1 is 1.00 bits per heavy atom. The van der Waals surface area contributed by atoms with Gasteiger partial charge in [0.2, 0.25) is 5.39 Å². The van der Waals surface area contributed by atoms with Gasteiger partial charge in [0.15, 0.2) is 4.98 Å². The molecule has 2 aromatic carbocycles. The van der Waals surface area contributed by atoms with Gasteiger partial charge in [-0.1, -0.05) is 18.2 Å². The number of benzene rings is 2. The van der Waals surface area contributed by atoms with Crippen molar-refractivity contribution in [2.45, 2.75) is 4.90 Å². The average molecular weight is 288 g/mol. The lowest BCUT2D eigenvalue weighted by molar-refractivity contribution is 0.0981. The summed E-state index contributed by atoms with van der Waals surface area (Å²) in [4.78, 5) is 14.6. The first-order chi connectivity index (χ1) is 9.53. The molecule has 0 radical (unpaired) electrons. The van der Waals surface area contributed by atoms with E-state index in [0.29, 0.717) is 0 Å². The van der Waals surface area contributed by atoms with Gasteiger partial charge in [0.25, 0.3) is 15.9 Å². The quantitative estimate of drug-likeness (QED) is 0.877. The van der Waals surface area contributed by atoms with Gasteiger partial charge < -0.3 is 0 Å². The molecular formula is C13H10N3O3S+. The van der Waals surface area contributed by atoms with Crippen molar-refractivity contribution in [3.05, 3.63) is 65.1 Å². The maximum absolute atomic E-state index is 12.0. The van der Waals surface area contributed by atoms with Gasteiger partial charge in [-0.15, -0.1) is 0 Å². The molecule has 6 nitrogen and oxygen atoms in total. The molecule has 1 N–H and O–H groups in total. The molecule has 20 heavy (non-hydrogen) atoms. The van der Waals surface area contributed by atoms with E-state index in [1.807, 2.05) is 4.72 Å². The zero-order chi connectivity index (χ0) is 14.6. The number of amides is 1. The largest absolute Gasteiger partial charge is 0.385 e. The standard InChI is InChI=1S/C13H9N3O3S/c14-15-11-6-8-12(9-7-11)20(18,19)16-13(17)10-4-2-1-3-5-10/h1-9H/p+1. The smallest absolute Gasteiger partial charge is 0.268 e. The van der Waals surface area contributed by atoms with Crippen molar-refractivity contribution in [2.24, 2.45) is 0 Å². The van der Waals surface area contributed by atoms with Gasteiger partial charge in [-0.25, -0.2) is 13.1 Å². The van der Waals surface area contributed by atoms with Crippen LogP contribution < -0.4 is 4.72 Å². The number of carbonyl (C=O) groups is 1. The highest BCUT2D eigenvalue weighted by Gasteiger charge is 2.19. The van der Waals surface area contributed by atoms with E-state index in [4.69, 9.17) is 5.39 Å². The lowest BCUT2D eigenvalue weighted by Crippen LogP contribution is -2.30. The maximum Gasteiger partial charge on any atom is 0.385 e. The number of diazo groups is 1. The molecule has 0 heterocycles. The van der Waals surface area contributed by atoms with E-state index in [1.165, 1.54) is 36.4 Å². The van der Waals surface area contributed by atoms with Crippen LogP contribution in [0.25, 0.3) is 4.98 Å². The number of sulfonamides is 1. The van der Waals surface area contributed by atoms with Gasteiger partial charge >= 0.3 is 5.69 Å². The molecule has 0 unspecified atom stereocenters. The van der Waals surface area contributed by atoms with Crippen molar-refractivity contribution in [1.82, 2.24) is 4.72 Å². The van der Waals surface area contributed by atoms with Gasteiger partial charge in [-0.3, -0.25) is 4.79 Å². The Kier molecular flexibility index (Phi) is 3.77. The molecule has 0 bridgehead atoms. The minimum absolute atomic E-state index is 0.0887. The Morgan fingerprint density at radius 2 is 1.60 bits per heavy atom. The lowest BCUT2D eigenvalue weighted by Gasteiger charge is -2.06. The molecule has 0 spiro atoms. The fourth-order valence-corrected chi connectivity index (χ4v) is 2.50. The Labute approximate surface area is 115 Å². The molecule has 1 amide bonds. The number of rotatable bonds is 3.